The van der Waals surface area contributed by atoms with Gasteiger partial charge in [-0.05, 0) is 23.8 Å². The Morgan fingerprint density at radius 1 is 1.47 bits per heavy atom. The van der Waals surface area contributed by atoms with Gasteiger partial charge in [-0.2, -0.15) is 0 Å². The van der Waals surface area contributed by atoms with Crippen LogP contribution in [-0.4, -0.2) is 18.0 Å². The third-order valence-electron chi connectivity index (χ3n) is 3.03. The fourth-order valence-electron chi connectivity index (χ4n) is 2.28. The maximum absolute atomic E-state index is 11.4. The van der Waals surface area contributed by atoms with Crippen molar-refractivity contribution in [3.05, 3.63) is 30.1 Å². The molecule has 0 bridgehead atoms. The molecule has 0 spiro atoms. The minimum absolute atomic E-state index is 0.153. The Balaban J connectivity index is 2.38. The van der Waals surface area contributed by atoms with E-state index in [0.717, 1.165) is 22.2 Å². The molecular weight excluding hydrogens is 242 g/mol. The smallest absolute Gasteiger partial charge is 0.221 e. The van der Waals surface area contributed by atoms with Crippen LogP contribution in [0.25, 0.3) is 17.0 Å². The van der Waals surface area contributed by atoms with Crippen LogP contribution in [0.15, 0.2) is 24.5 Å². The molecule has 0 aliphatic carbocycles. The molecular formula is C14H13N3O2. The van der Waals surface area contributed by atoms with Crippen molar-refractivity contribution in [2.24, 2.45) is 0 Å². The predicted octanol–water partition coefficient (Wildman–Crippen LogP) is 2.60. The summed E-state index contributed by atoms with van der Waals surface area (Å²) in [5.74, 6) is 0.453. The largest absolute Gasteiger partial charge is 0.494 e. The molecule has 2 aromatic rings. The first-order chi connectivity index (χ1) is 9.20. The molecule has 2 N–H and O–H groups in total. The van der Waals surface area contributed by atoms with E-state index in [1.165, 1.54) is 6.92 Å². The molecule has 5 heteroatoms. The molecule has 3 rings (SSSR count). The fourth-order valence-corrected chi connectivity index (χ4v) is 2.28. The molecule has 0 unspecified atom stereocenters. The van der Waals surface area contributed by atoms with E-state index in [0.29, 0.717) is 11.4 Å². The number of hydrogen-bond acceptors (Lipinski definition) is 4. The van der Waals surface area contributed by atoms with Crippen molar-refractivity contribution < 1.29 is 9.53 Å². The molecule has 1 aromatic carbocycles. The number of ether oxygens (including phenoxy) is 1. The highest BCUT2D eigenvalue weighted by Gasteiger charge is 2.17. The molecule has 1 aromatic heterocycles. The topological polar surface area (TPSA) is 63.2 Å². The lowest BCUT2D eigenvalue weighted by Crippen LogP contribution is -2.09. The van der Waals surface area contributed by atoms with Gasteiger partial charge in [0.15, 0.2) is 0 Å². The molecule has 0 saturated carbocycles. The lowest BCUT2D eigenvalue weighted by molar-refractivity contribution is -0.114. The summed E-state index contributed by atoms with van der Waals surface area (Å²) >= 11 is 0. The first-order valence-electron chi connectivity index (χ1n) is 5.91. The Bertz CT molecular complexity index is 707. The maximum Gasteiger partial charge on any atom is 0.221 e. The zero-order chi connectivity index (χ0) is 13.4. The number of nitrogens with zero attached hydrogens (tertiary/aromatic N) is 1. The normalized spacial score (nSPS) is 12.1. The van der Waals surface area contributed by atoms with E-state index >= 15 is 0 Å². The first kappa shape index (κ1) is 11.5. The number of anilines is 2. The number of methoxy groups -OCH3 is 1. The lowest BCUT2D eigenvalue weighted by atomic mass is 10.0. The van der Waals surface area contributed by atoms with Crippen LogP contribution >= 0.6 is 0 Å². The molecule has 0 radical (unpaired) electrons. The van der Waals surface area contributed by atoms with Crippen molar-refractivity contribution in [1.29, 1.82) is 0 Å². The van der Waals surface area contributed by atoms with Gasteiger partial charge in [-0.15, -0.1) is 0 Å². The monoisotopic (exact) mass is 255 g/mol. The Hall–Kier alpha value is -2.56. The van der Waals surface area contributed by atoms with E-state index < -0.39 is 0 Å². The van der Waals surface area contributed by atoms with Crippen LogP contribution in [0, 0.1) is 0 Å². The molecule has 1 aliphatic heterocycles. The Morgan fingerprint density at radius 3 is 3.05 bits per heavy atom. The van der Waals surface area contributed by atoms with E-state index in [9.17, 15) is 4.79 Å². The predicted molar refractivity (Wildman–Crippen MR) is 75.3 cm³/mol. The molecule has 0 saturated heterocycles. The summed E-state index contributed by atoms with van der Waals surface area (Å²) in [7, 11) is 1.58. The number of amides is 1. The van der Waals surface area contributed by atoms with Crippen molar-refractivity contribution in [3.8, 4) is 5.75 Å². The van der Waals surface area contributed by atoms with Crippen LogP contribution in [0.5, 0.6) is 5.75 Å². The summed E-state index contributed by atoms with van der Waals surface area (Å²) in [6.45, 7) is 1.47. The van der Waals surface area contributed by atoms with E-state index in [-0.39, 0.29) is 5.91 Å². The zero-order valence-electron chi connectivity index (χ0n) is 10.7. The van der Waals surface area contributed by atoms with Gasteiger partial charge < -0.3 is 15.4 Å². The van der Waals surface area contributed by atoms with Gasteiger partial charge >= 0.3 is 0 Å². The quantitative estimate of drug-likeness (QED) is 0.865. The molecule has 2 heterocycles. The standard InChI is InChI=1S/C14H13N3O2/c1-8(18)17-13-11(19-2)7-9-3-5-15-10-4-6-16-14(13)12(9)10/h3-7,15H,1-2H3,(H,17,18). The molecule has 19 heavy (non-hydrogen) atoms. The highest BCUT2D eigenvalue weighted by Crippen LogP contribution is 2.39. The van der Waals surface area contributed by atoms with Gasteiger partial charge in [0.25, 0.3) is 0 Å². The molecule has 96 valence electrons. The number of pyridine rings is 1. The molecule has 0 fully saturated rings. The van der Waals surface area contributed by atoms with Crippen LogP contribution in [0.3, 0.4) is 0 Å². The average molecular weight is 255 g/mol. The van der Waals surface area contributed by atoms with E-state index in [2.05, 4.69) is 15.6 Å². The van der Waals surface area contributed by atoms with Gasteiger partial charge in [0.1, 0.15) is 17.0 Å². The van der Waals surface area contributed by atoms with E-state index in [1.54, 1.807) is 13.3 Å². The number of carbonyl (C=O) groups excluding carboxylic acids is 1. The highest BCUT2D eigenvalue weighted by atomic mass is 16.5. The van der Waals surface area contributed by atoms with Gasteiger partial charge in [-0.25, -0.2) is 0 Å². The number of rotatable bonds is 2. The van der Waals surface area contributed by atoms with Gasteiger partial charge in [0.2, 0.25) is 5.91 Å². The van der Waals surface area contributed by atoms with Crippen LogP contribution in [0.2, 0.25) is 0 Å². The molecule has 5 nitrogen and oxygen atoms in total. The van der Waals surface area contributed by atoms with Crippen molar-refractivity contribution in [1.82, 2.24) is 4.98 Å². The Kier molecular flexibility index (Phi) is 2.59. The van der Waals surface area contributed by atoms with Gasteiger partial charge in [0, 0.05) is 30.4 Å². The molecule has 1 amide bonds. The Morgan fingerprint density at radius 2 is 2.32 bits per heavy atom. The second kappa shape index (κ2) is 4.28. The van der Waals surface area contributed by atoms with Crippen molar-refractivity contribution >= 4 is 34.3 Å². The van der Waals surface area contributed by atoms with Crippen LogP contribution in [0.1, 0.15) is 12.5 Å². The summed E-state index contributed by atoms with van der Waals surface area (Å²) in [6.07, 6.45) is 5.53. The van der Waals surface area contributed by atoms with E-state index in [1.807, 2.05) is 24.4 Å². The number of hydrogen-bond donors (Lipinski definition) is 2. The summed E-state index contributed by atoms with van der Waals surface area (Å²) in [6, 6.07) is 3.80. The second-order valence-electron chi connectivity index (χ2n) is 4.28. The number of carbonyl (C=O) groups is 1. The van der Waals surface area contributed by atoms with Crippen molar-refractivity contribution in [2.75, 3.05) is 17.7 Å². The van der Waals surface area contributed by atoms with Crippen molar-refractivity contribution in [2.45, 2.75) is 6.92 Å². The van der Waals surface area contributed by atoms with Crippen LogP contribution in [0.4, 0.5) is 11.4 Å². The summed E-state index contributed by atoms with van der Waals surface area (Å²) in [5.41, 5.74) is 3.31. The number of aromatic nitrogens is 1. The summed E-state index contributed by atoms with van der Waals surface area (Å²) in [5, 5.41) is 6.94. The van der Waals surface area contributed by atoms with Crippen LogP contribution in [-0.2, 0) is 4.79 Å². The maximum atomic E-state index is 11.4. The number of benzene rings is 1. The fraction of sp³-hybridized carbons (Fsp3) is 0.143. The summed E-state index contributed by atoms with van der Waals surface area (Å²) in [4.78, 5) is 15.7. The van der Waals surface area contributed by atoms with Gasteiger partial charge in [0.05, 0.1) is 7.11 Å². The zero-order valence-corrected chi connectivity index (χ0v) is 10.7. The third kappa shape index (κ3) is 1.79. The van der Waals surface area contributed by atoms with Gasteiger partial charge in [-0.3, -0.25) is 9.78 Å². The van der Waals surface area contributed by atoms with Crippen LogP contribution < -0.4 is 15.4 Å². The Labute approximate surface area is 110 Å². The lowest BCUT2D eigenvalue weighted by Gasteiger charge is -2.18. The van der Waals surface area contributed by atoms with Gasteiger partial charge in [-0.1, -0.05) is 0 Å². The minimum atomic E-state index is -0.153. The highest BCUT2D eigenvalue weighted by molar-refractivity contribution is 6.10. The first-order valence-corrected chi connectivity index (χ1v) is 5.91. The van der Waals surface area contributed by atoms with Crippen molar-refractivity contribution in [3.63, 3.8) is 0 Å². The average Bonchev–Trinajstić information content (AvgIpc) is 2.41. The molecule has 1 aliphatic rings. The third-order valence-corrected chi connectivity index (χ3v) is 3.03. The summed E-state index contributed by atoms with van der Waals surface area (Å²) < 4.78 is 5.35. The minimum Gasteiger partial charge on any atom is -0.494 e. The SMILES string of the molecule is COc1cc2c3c(ccnc3c1NC(C)=O)NC=C2. The van der Waals surface area contributed by atoms with E-state index in [4.69, 9.17) is 4.74 Å². The molecule has 0 atom stereocenters. The second-order valence-corrected chi connectivity index (χ2v) is 4.28. The number of nitrogens with one attached hydrogen (secondary N) is 2.